The van der Waals surface area contributed by atoms with E-state index in [9.17, 15) is 14.4 Å². The molecule has 0 saturated heterocycles. The van der Waals surface area contributed by atoms with Crippen LogP contribution in [0.3, 0.4) is 0 Å². The van der Waals surface area contributed by atoms with Crippen molar-refractivity contribution in [1.29, 1.82) is 0 Å². The number of hydrogen-bond donors (Lipinski definition) is 6. The Morgan fingerprint density at radius 2 is 1.90 bits per heavy atom. The highest BCUT2D eigenvalue weighted by Crippen LogP contribution is 2.18. The van der Waals surface area contributed by atoms with Crippen molar-refractivity contribution in [2.45, 2.75) is 31.0 Å². The highest BCUT2D eigenvalue weighted by atomic mass is 32.2. The van der Waals surface area contributed by atoms with Gasteiger partial charge in [0.15, 0.2) is 0 Å². The van der Waals surface area contributed by atoms with Crippen LogP contribution in [-0.2, 0) is 20.8 Å². The van der Waals surface area contributed by atoms with Crippen molar-refractivity contribution in [3.8, 4) is 0 Å². The average molecular weight is 439 g/mol. The normalized spacial score (nSPS) is 14.2. The summed E-state index contributed by atoms with van der Waals surface area (Å²) in [6.07, 6.45) is 4.37. The van der Waals surface area contributed by atoms with Crippen molar-refractivity contribution < 1.29 is 19.5 Å². The van der Waals surface area contributed by atoms with Crippen LogP contribution in [0.15, 0.2) is 30.5 Å². The van der Waals surface area contributed by atoms with E-state index in [4.69, 9.17) is 10.8 Å². The molecule has 0 aliphatic heterocycles. The summed E-state index contributed by atoms with van der Waals surface area (Å²) in [7, 11) is 0. The summed E-state index contributed by atoms with van der Waals surface area (Å²) in [6, 6.07) is 4.87. The van der Waals surface area contributed by atoms with Gasteiger partial charge in [0.1, 0.15) is 12.1 Å². The average Bonchev–Trinajstić information content (AvgIpc) is 3.11. The van der Waals surface area contributed by atoms with Gasteiger partial charge in [-0.2, -0.15) is 24.4 Å². The van der Waals surface area contributed by atoms with Crippen LogP contribution < -0.4 is 16.4 Å². The van der Waals surface area contributed by atoms with Crippen molar-refractivity contribution in [2.24, 2.45) is 5.73 Å². The molecule has 0 radical (unpaired) electrons. The van der Waals surface area contributed by atoms with E-state index in [0.29, 0.717) is 18.6 Å². The summed E-state index contributed by atoms with van der Waals surface area (Å²) in [5.41, 5.74) is 7.95. The van der Waals surface area contributed by atoms with Crippen LogP contribution in [0.1, 0.15) is 12.0 Å². The third kappa shape index (κ3) is 6.41. The molecule has 10 heteroatoms. The number of amides is 2. The number of thiol groups is 1. The topological polar surface area (TPSA) is 137 Å². The number of carbonyl (C=O) groups is 3. The second kappa shape index (κ2) is 11.1. The zero-order valence-electron chi connectivity index (χ0n) is 16.1. The molecular weight excluding hydrogens is 412 g/mol. The summed E-state index contributed by atoms with van der Waals surface area (Å²) in [5.74, 6) is -1.64. The van der Waals surface area contributed by atoms with Crippen LogP contribution in [0.25, 0.3) is 10.9 Å². The van der Waals surface area contributed by atoms with Gasteiger partial charge in [0.2, 0.25) is 11.8 Å². The fourth-order valence-electron chi connectivity index (χ4n) is 2.87. The highest BCUT2D eigenvalue weighted by molar-refractivity contribution is 7.98. The minimum atomic E-state index is -1.18. The molecule has 0 fully saturated rings. The Morgan fingerprint density at radius 3 is 2.55 bits per heavy atom. The third-order valence-electron chi connectivity index (χ3n) is 4.49. The number of rotatable bonds is 11. The lowest BCUT2D eigenvalue weighted by Crippen LogP contribution is -2.55. The van der Waals surface area contributed by atoms with Gasteiger partial charge in [-0.1, -0.05) is 18.2 Å². The van der Waals surface area contributed by atoms with Crippen molar-refractivity contribution in [3.63, 3.8) is 0 Å². The number of benzene rings is 1. The quantitative estimate of drug-likeness (QED) is 0.287. The van der Waals surface area contributed by atoms with E-state index in [0.717, 1.165) is 16.5 Å². The summed E-state index contributed by atoms with van der Waals surface area (Å²) in [4.78, 5) is 39.4. The van der Waals surface area contributed by atoms with Crippen LogP contribution in [0, 0.1) is 0 Å². The molecule has 1 heterocycles. The number of nitrogens with two attached hydrogens (primary N) is 1. The summed E-state index contributed by atoms with van der Waals surface area (Å²) < 4.78 is 0. The Balaban J connectivity index is 2.03. The number of hydrogen-bond acceptors (Lipinski definition) is 6. The maximum Gasteiger partial charge on any atom is 0.327 e. The van der Waals surface area contributed by atoms with E-state index in [2.05, 4.69) is 28.2 Å². The number of H-pyrrole nitrogens is 1. The maximum atomic E-state index is 12.6. The number of thioether (sulfide) groups is 1. The van der Waals surface area contributed by atoms with Gasteiger partial charge in [-0.25, -0.2) is 4.79 Å². The SMILES string of the molecule is CSCC[C@H](NC(=O)[C@@H](N)Cc1c[nH]c2ccccc12)C(=O)N[C@@H](CS)C(=O)O. The minimum absolute atomic E-state index is 0.0512. The molecule has 158 valence electrons. The van der Waals surface area contributed by atoms with E-state index >= 15 is 0 Å². The van der Waals surface area contributed by atoms with Gasteiger partial charge in [0, 0.05) is 22.9 Å². The van der Waals surface area contributed by atoms with Crippen molar-refractivity contribution in [2.75, 3.05) is 17.8 Å². The van der Waals surface area contributed by atoms with Crippen molar-refractivity contribution >= 4 is 53.1 Å². The molecule has 2 rings (SSSR count). The molecule has 1 aromatic carbocycles. The number of aromatic amines is 1. The van der Waals surface area contributed by atoms with Gasteiger partial charge in [-0.05, 0) is 36.5 Å². The number of aliphatic carboxylic acids is 1. The smallest absolute Gasteiger partial charge is 0.327 e. The van der Waals surface area contributed by atoms with Crippen molar-refractivity contribution in [3.05, 3.63) is 36.0 Å². The molecule has 29 heavy (non-hydrogen) atoms. The Hall–Kier alpha value is -2.17. The van der Waals surface area contributed by atoms with Crippen LogP contribution >= 0.6 is 24.4 Å². The molecule has 0 unspecified atom stereocenters. The zero-order valence-corrected chi connectivity index (χ0v) is 17.8. The van der Waals surface area contributed by atoms with E-state index in [1.54, 1.807) is 0 Å². The van der Waals surface area contributed by atoms with E-state index in [1.807, 2.05) is 36.7 Å². The molecular formula is C19H26N4O4S2. The van der Waals surface area contributed by atoms with Crippen LogP contribution in [0.2, 0.25) is 0 Å². The number of para-hydroxylation sites is 1. The van der Waals surface area contributed by atoms with Crippen LogP contribution in [0.4, 0.5) is 0 Å². The van der Waals surface area contributed by atoms with E-state index in [-0.39, 0.29) is 5.75 Å². The Morgan fingerprint density at radius 1 is 1.21 bits per heavy atom. The Labute approximate surface area is 178 Å². The third-order valence-corrected chi connectivity index (χ3v) is 5.50. The van der Waals surface area contributed by atoms with Gasteiger partial charge >= 0.3 is 5.97 Å². The van der Waals surface area contributed by atoms with Crippen LogP contribution in [0.5, 0.6) is 0 Å². The molecule has 0 spiro atoms. The largest absolute Gasteiger partial charge is 0.480 e. The monoisotopic (exact) mass is 438 g/mol. The molecule has 2 amide bonds. The number of aromatic nitrogens is 1. The Kier molecular flexibility index (Phi) is 8.87. The van der Waals surface area contributed by atoms with Gasteiger partial charge < -0.3 is 26.5 Å². The highest BCUT2D eigenvalue weighted by Gasteiger charge is 2.27. The fourth-order valence-corrected chi connectivity index (χ4v) is 3.59. The van der Waals surface area contributed by atoms with Gasteiger partial charge in [0.25, 0.3) is 0 Å². The number of fused-ring (bicyclic) bond motifs is 1. The first-order chi connectivity index (χ1) is 13.9. The predicted octanol–water partition coefficient (Wildman–Crippen LogP) is 0.775. The molecule has 0 bridgehead atoms. The lowest BCUT2D eigenvalue weighted by Gasteiger charge is -2.22. The second-order valence-corrected chi connectivity index (χ2v) is 7.95. The lowest BCUT2D eigenvalue weighted by molar-refractivity contribution is -0.141. The van der Waals surface area contributed by atoms with Gasteiger partial charge in [0.05, 0.1) is 6.04 Å². The molecule has 0 aliphatic carbocycles. The fraction of sp³-hybridized carbons (Fsp3) is 0.421. The second-order valence-electron chi connectivity index (χ2n) is 6.59. The Bertz CT molecular complexity index is 858. The standard InChI is InChI=1S/C19H26N4O4S2/c1-29-7-6-15(18(25)23-16(10-28)19(26)27)22-17(24)13(20)8-11-9-21-14-5-3-2-4-12(11)14/h2-5,9,13,15-16,21,28H,6-8,10,20H2,1H3,(H,22,24)(H,23,25)(H,26,27)/t13-,15-,16-/m0/s1. The number of nitrogens with one attached hydrogen (secondary N) is 3. The molecule has 0 saturated carbocycles. The lowest BCUT2D eigenvalue weighted by atomic mass is 10.0. The van der Waals surface area contributed by atoms with Crippen molar-refractivity contribution in [1.82, 2.24) is 15.6 Å². The molecule has 2 aromatic rings. The molecule has 8 nitrogen and oxygen atoms in total. The zero-order chi connectivity index (χ0) is 21.4. The first kappa shape index (κ1) is 23.1. The maximum absolute atomic E-state index is 12.6. The molecule has 1 aromatic heterocycles. The minimum Gasteiger partial charge on any atom is -0.480 e. The number of carboxylic acid groups (broad SMARTS) is 1. The summed E-state index contributed by atoms with van der Waals surface area (Å²) in [5, 5.41) is 15.2. The molecule has 6 N–H and O–H groups in total. The summed E-state index contributed by atoms with van der Waals surface area (Å²) >= 11 is 5.46. The molecule has 3 atom stereocenters. The van der Waals surface area contributed by atoms with E-state index in [1.165, 1.54) is 11.8 Å². The number of carboxylic acids is 1. The first-order valence-corrected chi connectivity index (χ1v) is 11.1. The molecule has 0 aliphatic rings. The van der Waals surface area contributed by atoms with E-state index < -0.39 is 35.9 Å². The van der Waals surface area contributed by atoms with Gasteiger partial charge in [-0.3, -0.25) is 9.59 Å². The predicted molar refractivity (Wildman–Crippen MR) is 118 cm³/mol. The van der Waals surface area contributed by atoms with Gasteiger partial charge in [-0.15, -0.1) is 0 Å². The van der Waals surface area contributed by atoms with Crippen LogP contribution in [-0.4, -0.2) is 63.8 Å². The number of carbonyl (C=O) groups excluding carboxylic acids is 2. The summed E-state index contributed by atoms with van der Waals surface area (Å²) in [6.45, 7) is 0. The first-order valence-electron chi connectivity index (χ1n) is 9.11.